The molecule has 194 valence electrons. The minimum absolute atomic E-state index is 0. The Balaban J connectivity index is 0.00000228. The minimum Gasteiger partial charge on any atom is -1.00 e. The summed E-state index contributed by atoms with van der Waals surface area (Å²) >= 11 is 2.40. The van der Waals surface area contributed by atoms with Gasteiger partial charge < -0.3 is 37.2 Å². The van der Waals surface area contributed by atoms with Gasteiger partial charge in [0, 0.05) is 0 Å². The number of benzene rings is 3. The summed E-state index contributed by atoms with van der Waals surface area (Å²) < 4.78 is 1.54. The van der Waals surface area contributed by atoms with E-state index in [0.717, 1.165) is 12.8 Å². The van der Waals surface area contributed by atoms with Crippen LogP contribution in [0.4, 0.5) is 0 Å². The van der Waals surface area contributed by atoms with Crippen LogP contribution in [-0.4, -0.2) is 8.07 Å². The first kappa shape index (κ1) is 34.0. The molecular weight excluding hydrogens is 567 g/mol. The molecule has 0 fully saturated rings. The van der Waals surface area contributed by atoms with Crippen molar-refractivity contribution in [3.63, 3.8) is 0 Å². The molecule has 2 unspecified atom stereocenters. The molecule has 0 aromatic heterocycles. The van der Waals surface area contributed by atoms with Crippen LogP contribution in [0.5, 0.6) is 0 Å². The van der Waals surface area contributed by atoms with E-state index in [1.165, 1.54) is 38.2 Å². The SMILES string of the molecule is CCc1cc(CC)cc([Si](c2ccccc2)(c2ccc(C)cc2)C2(C)C(C)=C(C)C(C)=[C]2[Ti+3])c1.[Cl-].[Cl-].[Cl-]. The van der Waals surface area contributed by atoms with Crippen LogP contribution in [0.15, 0.2) is 93.4 Å². The molecule has 0 radical (unpaired) electrons. The quantitative estimate of drug-likeness (QED) is 0.217. The predicted octanol–water partition coefficient (Wildman–Crippen LogP) is -2.47. The maximum Gasteiger partial charge on any atom is -1.00 e. The molecule has 3 aromatic carbocycles. The van der Waals surface area contributed by atoms with E-state index in [1.807, 2.05) is 0 Å². The number of rotatable bonds is 6. The molecular formula is C32H37Cl3SiTi. The summed E-state index contributed by atoms with van der Waals surface area (Å²) in [6, 6.07) is 28.5. The third kappa shape index (κ3) is 5.38. The molecule has 0 bridgehead atoms. The van der Waals surface area contributed by atoms with Crippen LogP contribution in [0.25, 0.3) is 0 Å². The Labute approximate surface area is 256 Å². The molecule has 0 aliphatic heterocycles. The average molecular weight is 604 g/mol. The van der Waals surface area contributed by atoms with Gasteiger partial charge in [0.1, 0.15) is 0 Å². The molecule has 0 N–H and O–H groups in total. The predicted molar refractivity (Wildman–Crippen MR) is 147 cm³/mol. The molecule has 1 aliphatic carbocycles. The van der Waals surface area contributed by atoms with Gasteiger partial charge in [-0.05, 0) is 0 Å². The van der Waals surface area contributed by atoms with Crippen LogP contribution < -0.4 is 52.8 Å². The second-order valence-corrected chi connectivity index (χ2v) is 15.1. The molecule has 2 atom stereocenters. The summed E-state index contributed by atoms with van der Waals surface area (Å²) in [5.41, 5.74) is 8.71. The van der Waals surface area contributed by atoms with E-state index in [1.54, 1.807) is 14.6 Å². The summed E-state index contributed by atoms with van der Waals surface area (Å²) in [7, 11) is -2.56. The Kier molecular flexibility index (Phi) is 12.2. The van der Waals surface area contributed by atoms with Crippen molar-refractivity contribution in [2.24, 2.45) is 0 Å². The molecule has 0 saturated carbocycles. The van der Waals surface area contributed by atoms with Crippen molar-refractivity contribution in [3.05, 3.63) is 110 Å². The summed E-state index contributed by atoms with van der Waals surface area (Å²) in [5, 5.41) is 4.50. The molecule has 3 aromatic rings. The van der Waals surface area contributed by atoms with Gasteiger partial charge in [0.15, 0.2) is 0 Å². The van der Waals surface area contributed by atoms with Gasteiger partial charge >= 0.3 is 220 Å². The normalized spacial score (nSPS) is 18.5. The Morgan fingerprint density at radius 1 is 0.649 bits per heavy atom. The summed E-state index contributed by atoms with van der Waals surface area (Å²) in [5.74, 6) is 0. The van der Waals surface area contributed by atoms with Gasteiger partial charge in [-0.3, -0.25) is 0 Å². The van der Waals surface area contributed by atoms with Gasteiger partial charge in [0.2, 0.25) is 0 Å². The third-order valence-corrected chi connectivity index (χ3v) is 15.9. The van der Waals surface area contributed by atoms with Gasteiger partial charge in [-0.15, -0.1) is 0 Å². The Morgan fingerprint density at radius 3 is 1.57 bits per heavy atom. The molecule has 0 heterocycles. The summed E-state index contributed by atoms with van der Waals surface area (Å²) in [6.45, 7) is 16.4. The van der Waals surface area contributed by atoms with Crippen molar-refractivity contribution in [2.75, 3.05) is 0 Å². The van der Waals surface area contributed by atoms with Gasteiger partial charge in [-0.2, -0.15) is 0 Å². The topological polar surface area (TPSA) is 0 Å². The Morgan fingerprint density at radius 2 is 1.14 bits per heavy atom. The first-order valence-corrected chi connectivity index (χ1v) is 15.4. The molecule has 37 heavy (non-hydrogen) atoms. The number of hydrogen-bond acceptors (Lipinski definition) is 0. The molecule has 0 nitrogen and oxygen atoms in total. The van der Waals surface area contributed by atoms with E-state index >= 15 is 0 Å². The van der Waals surface area contributed by atoms with Crippen molar-refractivity contribution >= 4 is 23.6 Å². The molecule has 4 rings (SSSR count). The fraction of sp³-hybridized carbons (Fsp3) is 0.312. The van der Waals surface area contributed by atoms with Crippen LogP contribution in [0.1, 0.15) is 58.2 Å². The number of halogens is 3. The Hall–Kier alpha value is -1.06. The van der Waals surface area contributed by atoms with Crippen LogP contribution in [0.2, 0.25) is 5.04 Å². The van der Waals surface area contributed by atoms with E-state index in [9.17, 15) is 0 Å². The molecule has 5 heteroatoms. The zero-order chi connectivity index (χ0) is 24.7. The smallest absolute Gasteiger partial charge is 1.00 e. The number of aryl methyl sites for hydroxylation is 3. The summed E-state index contributed by atoms with van der Waals surface area (Å²) in [6.07, 6.45) is 2.12. The van der Waals surface area contributed by atoms with E-state index in [-0.39, 0.29) is 42.3 Å². The molecule has 0 saturated heterocycles. The van der Waals surface area contributed by atoms with Gasteiger partial charge in [-0.1, -0.05) is 0 Å². The van der Waals surface area contributed by atoms with E-state index in [0.29, 0.717) is 0 Å². The monoisotopic (exact) mass is 602 g/mol. The van der Waals surface area contributed by atoms with Crippen molar-refractivity contribution < 1.29 is 57.7 Å². The molecule has 1 aliphatic rings. The largest absolute Gasteiger partial charge is 1.00 e. The second-order valence-electron chi connectivity index (χ2n) is 10.1. The van der Waals surface area contributed by atoms with Crippen molar-refractivity contribution in [3.8, 4) is 0 Å². The third-order valence-electron chi connectivity index (χ3n) is 8.49. The second kappa shape index (κ2) is 13.3. The van der Waals surface area contributed by atoms with Gasteiger partial charge in [-0.25, -0.2) is 0 Å². The zero-order valence-electron chi connectivity index (χ0n) is 23.0. The Bertz CT molecular complexity index is 1230. The van der Waals surface area contributed by atoms with Crippen LogP contribution in [0.3, 0.4) is 0 Å². The summed E-state index contributed by atoms with van der Waals surface area (Å²) in [4.78, 5) is 0. The van der Waals surface area contributed by atoms with Crippen LogP contribution >= 0.6 is 0 Å². The fourth-order valence-corrected chi connectivity index (χ4v) is 13.8. The molecule has 0 spiro atoms. The van der Waals surface area contributed by atoms with Gasteiger partial charge in [0.25, 0.3) is 0 Å². The average Bonchev–Trinajstić information content (AvgIpc) is 3.01. The standard InChI is InChI=1S/C32H37Si.3ClH.Ti/c1-8-27-19-28(9-2)21-31(20-27)33(29-13-11-10-12-14-29,30-17-15-23(3)16-18-30)32(7)22-24(4)25(5)26(32)6;;;;/h10-21H,8-9H2,1-7H3;3*1H;/q;;;;+3/p-3. The van der Waals surface area contributed by atoms with E-state index in [2.05, 4.69) is 142 Å². The minimum atomic E-state index is -2.56. The van der Waals surface area contributed by atoms with Crippen LogP contribution in [0, 0.1) is 6.92 Å². The molecule has 0 amide bonds. The number of hydrogen-bond donors (Lipinski definition) is 0. The van der Waals surface area contributed by atoms with Gasteiger partial charge in [0.05, 0.1) is 0 Å². The van der Waals surface area contributed by atoms with E-state index in [4.69, 9.17) is 0 Å². The van der Waals surface area contributed by atoms with Crippen molar-refractivity contribution in [2.45, 2.75) is 66.3 Å². The van der Waals surface area contributed by atoms with E-state index < -0.39 is 8.07 Å². The number of allylic oxidation sites excluding steroid dienone is 4. The maximum absolute atomic E-state index is 2.56. The first-order valence-electron chi connectivity index (χ1n) is 12.6. The van der Waals surface area contributed by atoms with Crippen molar-refractivity contribution in [1.82, 2.24) is 0 Å². The fourth-order valence-electron chi connectivity index (χ4n) is 6.12. The van der Waals surface area contributed by atoms with Crippen molar-refractivity contribution in [1.29, 1.82) is 0 Å². The zero-order valence-corrected chi connectivity index (χ0v) is 27.8. The first-order chi connectivity index (χ1) is 16.2. The van der Waals surface area contributed by atoms with Crippen LogP contribution in [-0.2, 0) is 33.3 Å². The maximum atomic E-state index is 2.56.